The Morgan fingerprint density at radius 2 is 1.94 bits per heavy atom. The second kappa shape index (κ2) is 11.5. The van der Waals surface area contributed by atoms with Crippen molar-refractivity contribution in [3.8, 4) is 0 Å². The first kappa shape index (κ1) is 25.8. The average Bonchev–Trinajstić information content (AvgIpc) is 2.80. The second-order valence-electron chi connectivity index (χ2n) is 9.12. The van der Waals surface area contributed by atoms with Crippen LogP contribution >= 0.6 is 23.2 Å². The van der Waals surface area contributed by atoms with Gasteiger partial charge in [-0.2, -0.15) is 0 Å². The number of rotatable bonds is 10. The first-order chi connectivity index (χ1) is 15.8. The Bertz CT molecular complexity index is 949. The van der Waals surface area contributed by atoms with Crippen molar-refractivity contribution in [1.29, 1.82) is 0 Å². The molecule has 2 aromatic rings. The number of halogens is 2. The molecule has 0 aromatic heterocycles. The van der Waals surface area contributed by atoms with Crippen molar-refractivity contribution in [3.63, 3.8) is 0 Å². The van der Waals surface area contributed by atoms with E-state index in [9.17, 15) is 9.90 Å². The Hall–Kier alpha value is -1.85. The van der Waals surface area contributed by atoms with Gasteiger partial charge >= 0.3 is 0 Å². The van der Waals surface area contributed by atoms with E-state index in [2.05, 4.69) is 29.8 Å². The zero-order valence-electron chi connectivity index (χ0n) is 19.4. The minimum absolute atomic E-state index is 0.0316. The number of amides is 1. The highest BCUT2D eigenvalue weighted by molar-refractivity contribution is 6.30. The number of likely N-dealkylation sites (tertiary alicyclic amines) is 1. The van der Waals surface area contributed by atoms with Crippen molar-refractivity contribution < 1.29 is 9.90 Å². The molecule has 0 saturated carbocycles. The van der Waals surface area contributed by atoms with Crippen LogP contribution in [-0.4, -0.2) is 41.7 Å². The zero-order chi connectivity index (χ0) is 24.0. The quantitative estimate of drug-likeness (QED) is 0.318. The van der Waals surface area contributed by atoms with Crippen LogP contribution in [0.4, 0.5) is 0 Å². The molecule has 1 amide bonds. The van der Waals surface area contributed by atoms with E-state index in [4.69, 9.17) is 23.2 Å². The summed E-state index contributed by atoms with van der Waals surface area (Å²) in [5, 5.41) is 13.9. The van der Waals surface area contributed by atoms with E-state index in [1.54, 1.807) is 0 Å². The van der Waals surface area contributed by atoms with Crippen molar-refractivity contribution in [3.05, 3.63) is 82.4 Å². The third-order valence-electron chi connectivity index (χ3n) is 6.72. The number of aliphatic hydroxyl groups excluding tert-OH is 1. The van der Waals surface area contributed by atoms with Crippen molar-refractivity contribution in [2.24, 2.45) is 5.41 Å². The van der Waals surface area contributed by atoms with Crippen LogP contribution in [0.25, 0.3) is 0 Å². The molecule has 1 fully saturated rings. The van der Waals surface area contributed by atoms with Gasteiger partial charge in [0.2, 0.25) is 5.91 Å². The first-order valence-corrected chi connectivity index (χ1v) is 12.4. The van der Waals surface area contributed by atoms with E-state index < -0.39 is 5.41 Å². The smallest absolute Gasteiger partial charge is 0.229 e. The van der Waals surface area contributed by atoms with Crippen LogP contribution in [0.15, 0.2) is 61.2 Å². The summed E-state index contributed by atoms with van der Waals surface area (Å²) in [6.07, 6.45) is 3.94. The van der Waals surface area contributed by atoms with E-state index in [0.717, 1.165) is 17.5 Å². The lowest BCUT2D eigenvalue weighted by Crippen LogP contribution is -2.57. The normalized spacial score (nSPS) is 24.0. The van der Waals surface area contributed by atoms with E-state index in [0.29, 0.717) is 36.0 Å². The van der Waals surface area contributed by atoms with Crippen LogP contribution in [-0.2, 0) is 4.79 Å². The van der Waals surface area contributed by atoms with Gasteiger partial charge in [-0.25, -0.2) is 0 Å². The zero-order valence-corrected chi connectivity index (χ0v) is 20.9. The average molecular weight is 489 g/mol. The van der Waals surface area contributed by atoms with Crippen LogP contribution < -0.4 is 5.32 Å². The van der Waals surface area contributed by atoms with Crippen molar-refractivity contribution in [1.82, 2.24) is 10.2 Å². The predicted molar refractivity (Wildman–Crippen MR) is 137 cm³/mol. The molecule has 0 bridgehead atoms. The molecule has 0 spiro atoms. The van der Waals surface area contributed by atoms with Crippen molar-refractivity contribution >= 4 is 29.1 Å². The fraction of sp³-hybridized carbons (Fsp3) is 0.444. The molecule has 6 heteroatoms. The van der Waals surface area contributed by atoms with Crippen LogP contribution in [0.2, 0.25) is 10.0 Å². The molecule has 0 radical (unpaired) electrons. The SMILES string of the molecule is C=CC[C@@]1(C)C[C@H](c2cccc(Cl)c2)[C@@H](c2ccc(Cl)cc2)N(C(CC)CNCCO)C1=O. The third-order valence-corrected chi connectivity index (χ3v) is 7.21. The Morgan fingerprint density at radius 3 is 2.55 bits per heavy atom. The topological polar surface area (TPSA) is 52.6 Å². The van der Waals surface area contributed by atoms with Crippen molar-refractivity contribution in [2.75, 3.05) is 19.7 Å². The molecule has 1 unspecified atom stereocenters. The number of aliphatic hydroxyl groups is 1. The number of piperidine rings is 1. The van der Waals surface area contributed by atoms with Crippen molar-refractivity contribution in [2.45, 2.75) is 51.1 Å². The summed E-state index contributed by atoms with van der Waals surface area (Å²) in [5.41, 5.74) is 1.61. The maximum absolute atomic E-state index is 14.1. The molecule has 4 nitrogen and oxygen atoms in total. The van der Waals surface area contributed by atoms with E-state index in [1.807, 2.05) is 55.5 Å². The molecule has 1 aliphatic rings. The summed E-state index contributed by atoms with van der Waals surface area (Å²) >= 11 is 12.6. The molecule has 4 atom stereocenters. The molecular formula is C27H34Cl2N2O2. The molecule has 1 saturated heterocycles. The fourth-order valence-corrected chi connectivity index (χ4v) is 5.40. The molecule has 2 aromatic carbocycles. The molecule has 0 aliphatic carbocycles. The van der Waals surface area contributed by atoms with Gasteiger partial charge in [-0.3, -0.25) is 4.79 Å². The predicted octanol–water partition coefficient (Wildman–Crippen LogP) is 5.99. The molecule has 2 N–H and O–H groups in total. The summed E-state index contributed by atoms with van der Waals surface area (Å²) in [4.78, 5) is 16.2. The number of nitrogens with one attached hydrogen (secondary N) is 1. The Balaban J connectivity index is 2.17. The number of nitrogens with zero attached hydrogens (tertiary/aromatic N) is 1. The van der Waals surface area contributed by atoms with E-state index in [-0.39, 0.29) is 30.5 Å². The van der Waals surface area contributed by atoms with E-state index >= 15 is 0 Å². The van der Waals surface area contributed by atoms with Crippen LogP contribution in [0.3, 0.4) is 0 Å². The number of hydrogen-bond donors (Lipinski definition) is 2. The number of carbonyl (C=O) groups excluding carboxylic acids is 1. The van der Waals surface area contributed by atoms with Gasteiger partial charge in [0.05, 0.1) is 18.1 Å². The van der Waals surface area contributed by atoms with Gasteiger partial charge in [0, 0.05) is 35.1 Å². The molecule has 3 rings (SSSR count). The summed E-state index contributed by atoms with van der Waals surface area (Å²) in [6.45, 7) is 9.25. The maximum atomic E-state index is 14.1. The van der Waals surface area contributed by atoms with Gasteiger partial charge in [0.25, 0.3) is 0 Å². The van der Waals surface area contributed by atoms with Gasteiger partial charge in [-0.1, -0.05) is 67.4 Å². The highest BCUT2D eigenvalue weighted by Crippen LogP contribution is 2.52. The van der Waals surface area contributed by atoms with Crippen LogP contribution in [0.1, 0.15) is 56.2 Å². The number of allylic oxidation sites excluding steroid dienone is 1. The molecule has 1 heterocycles. The summed E-state index contributed by atoms with van der Waals surface area (Å²) in [6, 6.07) is 15.6. The Labute approximate surface area is 207 Å². The molecule has 1 aliphatic heterocycles. The lowest BCUT2D eigenvalue weighted by molar-refractivity contribution is -0.154. The summed E-state index contributed by atoms with van der Waals surface area (Å²) < 4.78 is 0. The number of hydrogen-bond acceptors (Lipinski definition) is 3. The van der Waals surface area contributed by atoms with Crippen LogP contribution in [0, 0.1) is 5.41 Å². The van der Waals surface area contributed by atoms with Gasteiger partial charge in [0.1, 0.15) is 0 Å². The number of benzene rings is 2. The molecule has 33 heavy (non-hydrogen) atoms. The van der Waals surface area contributed by atoms with Gasteiger partial charge in [-0.15, -0.1) is 6.58 Å². The Kier molecular flexibility index (Phi) is 9.00. The fourth-order valence-electron chi connectivity index (χ4n) is 5.08. The lowest BCUT2D eigenvalue weighted by atomic mass is 9.67. The monoisotopic (exact) mass is 488 g/mol. The Morgan fingerprint density at radius 1 is 1.21 bits per heavy atom. The molecular weight excluding hydrogens is 455 g/mol. The summed E-state index contributed by atoms with van der Waals surface area (Å²) in [5.74, 6) is 0.192. The van der Waals surface area contributed by atoms with Crippen LogP contribution in [0.5, 0.6) is 0 Å². The molecule has 178 valence electrons. The first-order valence-electron chi connectivity index (χ1n) is 11.6. The van der Waals surface area contributed by atoms with Gasteiger partial charge < -0.3 is 15.3 Å². The summed E-state index contributed by atoms with van der Waals surface area (Å²) in [7, 11) is 0. The van der Waals surface area contributed by atoms with E-state index in [1.165, 1.54) is 0 Å². The second-order valence-corrected chi connectivity index (χ2v) is 9.99. The highest BCUT2D eigenvalue weighted by atomic mass is 35.5. The standard InChI is InChI=1S/C27H34Cl2N2O2/c1-4-13-27(3)17-24(20-7-6-8-22(29)16-20)25(19-9-11-21(28)12-10-19)31(26(27)33)23(5-2)18-30-14-15-32/h4,6-12,16,23-25,30,32H,1,5,13-15,17-18H2,2-3H3/t23?,24-,25-,27+/m1/s1. The van der Waals surface area contributed by atoms with Gasteiger partial charge in [0.15, 0.2) is 0 Å². The minimum atomic E-state index is -0.567. The number of carbonyl (C=O) groups is 1. The maximum Gasteiger partial charge on any atom is 0.229 e. The lowest BCUT2D eigenvalue weighted by Gasteiger charge is -2.52. The highest BCUT2D eigenvalue weighted by Gasteiger charge is 2.50. The van der Waals surface area contributed by atoms with Gasteiger partial charge in [-0.05, 0) is 54.7 Å². The minimum Gasteiger partial charge on any atom is -0.395 e. The largest absolute Gasteiger partial charge is 0.395 e. The third kappa shape index (κ3) is 5.81.